The van der Waals surface area contributed by atoms with Gasteiger partial charge in [-0.25, -0.2) is 9.97 Å². The van der Waals surface area contributed by atoms with Crippen molar-refractivity contribution in [3.8, 4) is 0 Å². The van der Waals surface area contributed by atoms with Gasteiger partial charge in [0.2, 0.25) is 0 Å². The number of hydrogen-bond donors (Lipinski definition) is 2. The third kappa shape index (κ3) is 3.05. The van der Waals surface area contributed by atoms with Crippen molar-refractivity contribution in [3.63, 3.8) is 0 Å². The van der Waals surface area contributed by atoms with Gasteiger partial charge in [0.15, 0.2) is 0 Å². The lowest BCUT2D eigenvalue weighted by molar-refractivity contribution is 0.0940. The van der Waals surface area contributed by atoms with E-state index in [2.05, 4.69) is 20.4 Å². The van der Waals surface area contributed by atoms with Gasteiger partial charge in [0.1, 0.15) is 17.9 Å². The number of carbonyl (C=O) groups excluding carboxylic acids is 1. The minimum Gasteiger partial charge on any atom is -0.383 e. The molecule has 3 rings (SSSR count). The van der Waals surface area contributed by atoms with E-state index in [1.54, 1.807) is 18.2 Å². The summed E-state index contributed by atoms with van der Waals surface area (Å²) < 4.78 is 5.16. The molecule has 0 saturated carbocycles. The van der Waals surface area contributed by atoms with Crippen molar-refractivity contribution >= 4 is 22.6 Å². The van der Waals surface area contributed by atoms with Gasteiger partial charge in [0.25, 0.3) is 5.91 Å². The molecule has 0 aliphatic rings. The maximum Gasteiger partial charge on any atom is 0.251 e. The summed E-state index contributed by atoms with van der Waals surface area (Å²) in [6.07, 6.45) is 2.05. The molecule has 0 saturated heterocycles. The van der Waals surface area contributed by atoms with E-state index < -0.39 is 0 Å². The number of anilines is 1. The van der Waals surface area contributed by atoms with Crippen LogP contribution in [0.2, 0.25) is 0 Å². The predicted octanol–water partition coefficient (Wildman–Crippen LogP) is 2.18. The zero-order valence-corrected chi connectivity index (χ0v) is 13.8. The second-order valence-corrected chi connectivity index (χ2v) is 5.87. The highest BCUT2D eigenvalue weighted by atomic mass is 16.5. The Morgan fingerprint density at radius 3 is 2.83 bits per heavy atom. The van der Waals surface area contributed by atoms with Gasteiger partial charge in [-0.2, -0.15) is 0 Å². The summed E-state index contributed by atoms with van der Waals surface area (Å²) in [5.41, 5.74) is 8.86. The molecular weight excluding hydrogens is 306 g/mol. The van der Waals surface area contributed by atoms with Crippen LogP contribution < -0.4 is 11.1 Å². The van der Waals surface area contributed by atoms with Gasteiger partial charge in [0.05, 0.1) is 11.2 Å². The Kier molecular flexibility index (Phi) is 4.16. The zero-order valence-electron chi connectivity index (χ0n) is 13.8. The third-order valence-corrected chi connectivity index (χ3v) is 4.00. The van der Waals surface area contributed by atoms with Crippen LogP contribution in [0.4, 0.5) is 5.82 Å². The second-order valence-electron chi connectivity index (χ2n) is 5.87. The molecule has 0 radical (unpaired) electrons. The number of nitrogens with zero attached hydrogens (tertiary/aromatic N) is 3. The third-order valence-electron chi connectivity index (χ3n) is 4.00. The number of aryl methyl sites for hydroxylation is 2. The molecule has 1 amide bonds. The summed E-state index contributed by atoms with van der Waals surface area (Å²) in [6.45, 7) is 5.72. The normalized spacial score (nSPS) is 12.3. The van der Waals surface area contributed by atoms with Crippen LogP contribution in [0.3, 0.4) is 0 Å². The number of nitrogens with two attached hydrogens (primary N) is 1. The molecule has 7 nitrogen and oxygen atoms in total. The number of rotatable bonds is 4. The Morgan fingerprint density at radius 1 is 1.33 bits per heavy atom. The number of aromatic nitrogens is 3. The highest BCUT2D eigenvalue weighted by Crippen LogP contribution is 2.18. The molecule has 3 N–H and O–H groups in total. The summed E-state index contributed by atoms with van der Waals surface area (Å²) in [6, 6.07) is 5.14. The van der Waals surface area contributed by atoms with Crippen molar-refractivity contribution in [2.75, 3.05) is 5.73 Å². The standard InChI is InChI=1S/C17H19N5O2/c1-9(6-14-10(2)22-24-11(14)3)21-17(23)12-4-5-13-15(7-12)19-8-20-16(13)18/h4-5,7-9H,6H2,1-3H3,(H,21,23)(H2,18,19,20). The van der Waals surface area contributed by atoms with Gasteiger partial charge in [-0.05, 0) is 45.4 Å². The van der Waals surface area contributed by atoms with Crippen molar-refractivity contribution in [2.45, 2.75) is 33.2 Å². The molecule has 7 heteroatoms. The highest BCUT2D eigenvalue weighted by Gasteiger charge is 2.16. The molecule has 1 unspecified atom stereocenters. The largest absolute Gasteiger partial charge is 0.383 e. The smallest absolute Gasteiger partial charge is 0.251 e. The zero-order chi connectivity index (χ0) is 17.3. The first-order valence-corrected chi connectivity index (χ1v) is 7.68. The van der Waals surface area contributed by atoms with Gasteiger partial charge in [-0.1, -0.05) is 5.16 Å². The van der Waals surface area contributed by atoms with E-state index in [1.165, 1.54) is 6.33 Å². The van der Waals surface area contributed by atoms with E-state index >= 15 is 0 Å². The molecule has 24 heavy (non-hydrogen) atoms. The van der Waals surface area contributed by atoms with Crippen molar-refractivity contribution in [2.24, 2.45) is 0 Å². The Balaban J connectivity index is 1.75. The number of carbonyl (C=O) groups is 1. The van der Waals surface area contributed by atoms with Crippen molar-refractivity contribution in [3.05, 3.63) is 47.1 Å². The number of benzene rings is 1. The molecule has 0 bridgehead atoms. The molecule has 1 atom stereocenters. The Bertz CT molecular complexity index is 884. The lowest BCUT2D eigenvalue weighted by Gasteiger charge is -2.14. The fraction of sp³-hybridized carbons (Fsp3) is 0.294. The molecule has 2 heterocycles. The van der Waals surface area contributed by atoms with Crippen LogP contribution in [0.1, 0.15) is 34.3 Å². The minimum atomic E-state index is -0.159. The summed E-state index contributed by atoms with van der Waals surface area (Å²) in [4.78, 5) is 20.6. The highest BCUT2D eigenvalue weighted by molar-refractivity contribution is 5.99. The maximum absolute atomic E-state index is 12.5. The lowest BCUT2D eigenvalue weighted by atomic mass is 10.0. The first-order valence-electron chi connectivity index (χ1n) is 7.68. The Morgan fingerprint density at radius 2 is 2.12 bits per heavy atom. The van der Waals surface area contributed by atoms with E-state index in [1.807, 2.05) is 20.8 Å². The molecule has 2 aromatic heterocycles. The average molecular weight is 325 g/mol. The molecule has 3 aromatic rings. The first-order chi connectivity index (χ1) is 11.5. The van der Waals surface area contributed by atoms with Gasteiger partial charge in [-0.3, -0.25) is 4.79 Å². The number of nitrogens with one attached hydrogen (secondary N) is 1. The molecule has 1 aromatic carbocycles. The van der Waals surface area contributed by atoms with Crippen molar-refractivity contribution in [1.82, 2.24) is 20.4 Å². The van der Waals surface area contributed by atoms with Crippen LogP contribution >= 0.6 is 0 Å². The average Bonchev–Trinajstić information content (AvgIpc) is 2.86. The van der Waals surface area contributed by atoms with Crippen molar-refractivity contribution < 1.29 is 9.32 Å². The van der Waals surface area contributed by atoms with Crippen LogP contribution in [0, 0.1) is 13.8 Å². The first kappa shape index (κ1) is 15.9. The SMILES string of the molecule is Cc1noc(C)c1CC(C)NC(=O)c1ccc2c(N)ncnc2c1. The summed E-state index contributed by atoms with van der Waals surface area (Å²) in [7, 11) is 0. The number of fused-ring (bicyclic) bond motifs is 1. The minimum absolute atomic E-state index is 0.0551. The molecule has 0 fully saturated rings. The van der Waals surface area contributed by atoms with Crippen LogP contribution in [0.25, 0.3) is 10.9 Å². The van der Waals surface area contributed by atoms with Crippen LogP contribution in [-0.4, -0.2) is 27.1 Å². The molecule has 0 aliphatic carbocycles. The predicted molar refractivity (Wildman–Crippen MR) is 90.6 cm³/mol. The Hall–Kier alpha value is -2.96. The van der Waals surface area contributed by atoms with Gasteiger partial charge >= 0.3 is 0 Å². The van der Waals surface area contributed by atoms with E-state index in [0.29, 0.717) is 23.3 Å². The molecule has 124 valence electrons. The van der Waals surface area contributed by atoms with E-state index in [4.69, 9.17) is 10.3 Å². The summed E-state index contributed by atoms with van der Waals surface area (Å²) in [5.74, 6) is 1.03. The molecule has 0 aliphatic heterocycles. The lowest BCUT2D eigenvalue weighted by Crippen LogP contribution is -2.34. The fourth-order valence-electron chi connectivity index (χ4n) is 2.68. The number of hydrogen-bond acceptors (Lipinski definition) is 6. The van der Waals surface area contributed by atoms with Crippen LogP contribution in [0.15, 0.2) is 29.0 Å². The Labute approximate surface area is 139 Å². The van der Waals surface area contributed by atoms with Crippen LogP contribution in [0.5, 0.6) is 0 Å². The van der Waals surface area contributed by atoms with Gasteiger partial charge in [-0.15, -0.1) is 0 Å². The maximum atomic E-state index is 12.5. The fourth-order valence-corrected chi connectivity index (χ4v) is 2.68. The van der Waals surface area contributed by atoms with Crippen molar-refractivity contribution in [1.29, 1.82) is 0 Å². The van der Waals surface area contributed by atoms with Gasteiger partial charge < -0.3 is 15.6 Å². The van der Waals surface area contributed by atoms with Crippen LogP contribution in [-0.2, 0) is 6.42 Å². The van der Waals surface area contributed by atoms with Gasteiger partial charge in [0, 0.05) is 22.6 Å². The van der Waals surface area contributed by atoms with E-state index in [0.717, 1.165) is 22.4 Å². The number of amides is 1. The second kappa shape index (κ2) is 6.27. The molecule has 0 spiro atoms. The monoisotopic (exact) mass is 325 g/mol. The quantitative estimate of drug-likeness (QED) is 0.761. The summed E-state index contributed by atoms with van der Waals surface area (Å²) >= 11 is 0. The molecular formula is C17H19N5O2. The topological polar surface area (TPSA) is 107 Å². The summed E-state index contributed by atoms with van der Waals surface area (Å²) in [5, 5.41) is 7.65. The number of nitrogen functional groups attached to an aromatic ring is 1. The van der Waals surface area contributed by atoms with E-state index in [-0.39, 0.29) is 11.9 Å². The van der Waals surface area contributed by atoms with E-state index in [9.17, 15) is 4.79 Å².